The Bertz CT molecular complexity index is 1440. The third-order valence-corrected chi connectivity index (χ3v) is 8.70. The molecule has 0 aromatic heterocycles. The van der Waals surface area contributed by atoms with Crippen LogP contribution in [0.5, 0.6) is 5.75 Å². The van der Waals surface area contributed by atoms with Crippen molar-refractivity contribution in [2.75, 3.05) is 46.7 Å². The van der Waals surface area contributed by atoms with E-state index >= 15 is 0 Å². The van der Waals surface area contributed by atoms with Gasteiger partial charge >= 0.3 is 0 Å². The molecule has 2 amide bonds. The van der Waals surface area contributed by atoms with Crippen LogP contribution >= 0.6 is 0 Å². The third-order valence-electron chi connectivity index (χ3n) is 8.70. The van der Waals surface area contributed by atoms with Gasteiger partial charge in [0.25, 0.3) is 0 Å². The Labute approximate surface area is 263 Å². The number of anilines is 1. The maximum absolute atomic E-state index is 13.8. The summed E-state index contributed by atoms with van der Waals surface area (Å²) in [6.07, 6.45) is 12.3. The topological polar surface area (TPSA) is 99.9 Å². The lowest BCUT2D eigenvalue weighted by molar-refractivity contribution is -0.125. The Morgan fingerprint density at radius 3 is 2.39 bits per heavy atom. The number of carbonyl (C=O) groups excluding carboxylic acids is 2. The molecular formula is C36H49N5O3. The predicted octanol–water partition coefficient (Wildman–Crippen LogP) is 5.73. The van der Waals surface area contributed by atoms with E-state index in [2.05, 4.69) is 40.3 Å². The maximum Gasteiger partial charge on any atom is 0.248 e. The molecule has 2 unspecified atom stereocenters. The first-order valence-electron chi connectivity index (χ1n) is 15.5. The lowest BCUT2D eigenvalue weighted by Gasteiger charge is -2.32. The highest BCUT2D eigenvalue weighted by atomic mass is 16.5. The van der Waals surface area contributed by atoms with Crippen molar-refractivity contribution in [1.29, 1.82) is 0 Å². The van der Waals surface area contributed by atoms with E-state index in [0.29, 0.717) is 24.4 Å². The summed E-state index contributed by atoms with van der Waals surface area (Å²) >= 11 is 0. The molecule has 1 aliphatic heterocycles. The molecule has 8 heteroatoms. The van der Waals surface area contributed by atoms with Crippen molar-refractivity contribution in [3.8, 4) is 5.75 Å². The van der Waals surface area contributed by atoms with Crippen LogP contribution < -0.4 is 26.0 Å². The van der Waals surface area contributed by atoms with E-state index in [-0.39, 0.29) is 11.8 Å². The van der Waals surface area contributed by atoms with Crippen molar-refractivity contribution in [3.05, 3.63) is 83.3 Å². The van der Waals surface area contributed by atoms with Crippen LogP contribution in [0.4, 0.5) is 5.69 Å². The van der Waals surface area contributed by atoms with Crippen molar-refractivity contribution in [1.82, 2.24) is 15.5 Å². The SMILES string of the molecule is C=C(C)N/C=C/NC(=O)C12CC1c1cc(OC)ccc1/C=C(\C1CCCCC1)c1ccc(C(N)=O)cc1N(C)C2.CN(C)C. The molecule has 0 saturated heterocycles. The fourth-order valence-electron chi connectivity index (χ4n) is 6.52. The number of hydrogen-bond acceptors (Lipinski definition) is 6. The molecule has 4 N–H and O–H groups in total. The van der Waals surface area contributed by atoms with E-state index in [4.69, 9.17) is 10.5 Å². The van der Waals surface area contributed by atoms with Gasteiger partial charge < -0.3 is 30.9 Å². The van der Waals surface area contributed by atoms with Crippen LogP contribution in [-0.2, 0) is 4.79 Å². The molecule has 2 aromatic rings. The van der Waals surface area contributed by atoms with Crippen molar-refractivity contribution >= 4 is 29.2 Å². The summed E-state index contributed by atoms with van der Waals surface area (Å²) in [5, 5.41) is 6.01. The lowest BCUT2D eigenvalue weighted by atomic mass is 9.78. The number of methoxy groups -OCH3 is 1. The van der Waals surface area contributed by atoms with Gasteiger partial charge in [0.2, 0.25) is 11.8 Å². The van der Waals surface area contributed by atoms with Crippen LogP contribution in [0, 0.1) is 11.3 Å². The van der Waals surface area contributed by atoms with Crippen LogP contribution in [0.3, 0.4) is 0 Å². The largest absolute Gasteiger partial charge is 0.497 e. The second-order valence-electron chi connectivity index (χ2n) is 12.9. The van der Waals surface area contributed by atoms with Crippen LogP contribution in [0.25, 0.3) is 11.6 Å². The zero-order chi connectivity index (χ0) is 32.0. The molecule has 44 heavy (non-hydrogen) atoms. The summed E-state index contributed by atoms with van der Waals surface area (Å²) in [5.41, 5.74) is 11.9. The average Bonchev–Trinajstić information content (AvgIpc) is 3.72. The number of benzene rings is 2. The highest BCUT2D eigenvalue weighted by Crippen LogP contribution is 2.62. The monoisotopic (exact) mass is 599 g/mol. The Morgan fingerprint density at radius 2 is 1.75 bits per heavy atom. The highest BCUT2D eigenvalue weighted by Gasteiger charge is 2.61. The first-order chi connectivity index (χ1) is 21.0. The van der Waals surface area contributed by atoms with E-state index in [1.54, 1.807) is 19.5 Å². The Balaban J connectivity index is 0.00000104. The van der Waals surface area contributed by atoms with E-state index in [1.165, 1.54) is 24.8 Å². The van der Waals surface area contributed by atoms with Gasteiger partial charge in [0.1, 0.15) is 5.75 Å². The molecule has 1 heterocycles. The fraction of sp³-hybridized carbons (Fsp3) is 0.444. The van der Waals surface area contributed by atoms with Crippen LogP contribution in [0.1, 0.15) is 78.4 Å². The van der Waals surface area contributed by atoms with Gasteiger partial charge in [-0.15, -0.1) is 0 Å². The first-order valence-corrected chi connectivity index (χ1v) is 15.5. The van der Waals surface area contributed by atoms with Crippen molar-refractivity contribution in [2.24, 2.45) is 17.1 Å². The fourth-order valence-corrected chi connectivity index (χ4v) is 6.52. The number of allylic oxidation sites excluding steroid dienone is 2. The van der Waals surface area contributed by atoms with E-state index in [9.17, 15) is 9.59 Å². The normalized spacial score (nSPS) is 22.3. The molecule has 0 bridgehead atoms. The molecule has 236 valence electrons. The van der Waals surface area contributed by atoms with Crippen LogP contribution in [0.2, 0.25) is 0 Å². The second-order valence-corrected chi connectivity index (χ2v) is 12.9. The third kappa shape index (κ3) is 7.53. The van der Waals surface area contributed by atoms with Gasteiger partial charge in [-0.1, -0.05) is 44.1 Å². The first kappa shape index (κ1) is 32.9. The molecule has 3 aliphatic rings. The predicted molar refractivity (Wildman–Crippen MR) is 180 cm³/mol. The molecule has 5 rings (SSSR count). The molecule has 0 radical (unpaired) electrons. The number of hydrogen-bond donors (Lipinski definition) is 3. The van der Waals surface area contributed by atoms with Gasteiger partial charge in [-0.05, 0) is 94.2 Å². The summed E-state index contributed by atoms with van der Waals surface area (Å²) in [4.78, 5) is 30.2. The minimum atomic E-state index is -0.653. The van der Waals surface area contributed by atoms with Gasteiger partial charge in [0.15, 0.2) is 0 Å². The maximum atomic E-state index is 13.8. The standard InChI is InChI=1S/C33H40N4O3.C3H9N/c1-21(2)35-14-15-36-32(39)33-19-29(33)28-18-25(40-4)12-10-23(28)16-27(22-8-6-5-7-9-22)26-13-11-24(31(34)38)17-30(26)37(3)20-33;1-4(2)3/h10-18,22,29,35H,1,5-9,19-20H2,2-4H3,(H2,34,38)(H,36,39);1-3H3/b15-14+,27-16+;. The van der Waals surface area contributed by atoms with Gasteiger partial charge in [0.05, 0.1) is 12.5 Å². The van der Waals surface area contributed by atoms with E-state index < -0.39 is 11.3 Å². The molecular weight excluding hydrogens is 550 g/mol. The zero-order valence-corrected chi connectivity index (χ0v) is 27.2. The molecule has 2 saturated carbocycles. The number of primary amides is 1. The molecule has 2 aromatic carbocycles. The Hall–Kier alpha value is -4.04. The summed E-state index contributed by atoms with van der Waals surface area (Å²) in [7, 11) is 9.69. The number of ether oxygens (including phenoxy) is 1. The molecule has 0 spiro atoms. The molecule has 2 aliphatic carbocycles. The number of nitrogens with zero attached hydrogens (tertiary/aromatic N) is 2. The minimum absolute atomic E-state index is 0.0206. The van der Waals surface area contributed by atoms with Crippen LogP contribution in [0.15, 0.2) is 61.1 Å². The molecule has 8 nitrogen and oxygen atoms in total. The number of carbonyl (C=O) groups is 2. The lowest BCUT2D eigenvalue weighted by Crippen LogP contribution is -2.39. The Morgan fingerprint density at radius 1 is 1.07 bits per heavy atom. The number of fused-ring (bicyclic) bond motifs is 4. The van der Waals surface area contributed by atoms with Crippen molar-refractivity contribution in [3.63, 3.8) is 0 Å². The Kier molecular flexibility index (Phi) is 10.6. The summed E-state index contributed by atoms with van der Waals surface area (Å²) in [5.74, 6) is 0.735. The molecule has 2 fully saturated rings. The van der Waals surface area contributed by atoms with Crippen LogP contribution in [-0.4, -0.2) is 58.6 Å². The highest BCUT2D eigenvalue weighted by molar-refractivity contribution is 5.97. The smallest absolute Gasteiger partial charge is 0.248 e. The van der Waals surface area contributed by atoms with E-state index in [0.717, 1.165) is 46.7 Å². The van der Waals surface area contributed by atoms with Gasteiger partial charge in [-0.2, -0.15) is 0 Å². The quantitative estimate of drug-likeness (QED) is 0.376. The number of rotatable bonds is 7. The molecule has 2 atom stereocenters. The second kappa shape index (κ2) is 14.2. The summed E-state index contributed by atoms with van der Waals surface area (Å²) in [6, 6.07) is 12.0. The number of nitrogens with one attached hydrogen (secondary N) is 2. The van der Waals surface area contributed by atoms with E-state index in [1.807, 2.05) is 64.3 Å². The minimum Gasteiger partial charge on any atom is -0.497 e. The average molecular weight is 600 g/mol. The van der Waals surface area contributed by atoms with Crippen molar-refractivity contribution < 1.29 is 14.3 Å². The number of amides is 2. The van der Waals surface area contributed by atoms with Gasteiger partial charge in [0, 0.05) is 54.4 Å². The summed E-state index contributed by atoms with van der Waals surface area (Å²) in [6.45, 7) is 6.18. The van der Waals surface area contributed by atoms with Crippen molar-refractivity contribution in [2.45, 2.75) is 51.4 Å². The number of nitrogens with two attached hydrogens (primary N) is 1. The zero-order valence-electron chi connectivity index (χ0n) is 27.2. The van der Waals surface area contributed by atoms with Gasteiger partial charge in [-0.3, -0.25) is 9.59 Å². The summed E-state index contributed by atoms with van der Waals surface area (Å²) < 4.78 is 5.62. The van der Waals surface area contributed by atoms with Gasteiger partial charge in [-0.25, -0.2) is 0 Å².